The minimum absolute atomic E-state index is 0.119. The Morgan fingerprint density at radius 2 is 2.05 bits per heavy atom. The molecule has 1 rings (SSSR count). The third-order valence-corrected chi connectivity index (χ3v) is 2.71. The number of benzene rings is 1. The van der Waals surface area contributed by atoms with E-state index >= 15 is 0 Å². The van der Waals surface area contributed by atoms with Crippen LogP contribution in [-0.4, -0.2) is 37.0 Å². The number of urea groups is 1. The van der Waals surface area contributed by atoms with E-state index in [0.29, 0.717) is 23.2 Å². The van der Waals surface area contributed by atoms with E-state index in [4.69, 9.17) is 16.3 Å². The van der Waals surface area contributed by atoms with Crippen LogP contribution in [0.3, 0.4) is 0 Å². The molecule has 0 fully saturated rings. The number of carbonyl (C=O) groups excluding carboxylic acids is 1. The number of nitrogens with one attached hydrogen (secondary N) is 2. The number of aliphatic hydroxyl groups is 1. The molecule has 0 bridgehead atoms. The van der Waals surface area contributed by atoms with E-state index in [9.17, 15) is 9.90 Å². The molecule has 3 N–H and O–H groups in total. The lowest BCUT2D eigenvalue weighted by Crippen LogP contribution is -2.37. The fraction of sp³-hybridized carbons (Fsp3) is 0.500. The molecule has 0 radical (unpaired) electrons. The lowest BCUT2D eigenvalue weighted by atomic mass is 10.2. The summed E-state index contributed by atoms with van der Waals surface area (Å²) in [5, 5.41) is 15.3. The minimum Gasteiger partial charge on any atom is -0.389 e. The van der Waals surface area contributed by atoms with Crippen LogP contribution < -0.4 is 10.6 Å². The van der Waals surface area contributed by atoms with Gasteiger partial charge in [0, 0.05) is 13.2 Å². The Kier molecular flexibility index (Phi) is 7.36. The number of carbonyl (C=O) groups is 1. The molecule has 0 aliphatic rings. The van der Waals surface area contributed by atoms with Crippen molar-refractivity contribution < 1.29 is 14.6 Å². The summed E-state index contributed by atoms with van der Waals surface area (Å²) in [6.45, 7) is 4.96. The number of halogens is 1. The van der Waals surface area contributed by atoms with Crippen LogP contribution in [0.15, 0.2) is 24.3 Å². The van der Waals surface area contributed by atoms with Gasteiger partial charge in [-0.25, -0.2) is 4.79 Å². The van der Waals surface area contributed by atoms with E-state index in [-0.39, 0.29) is 13.2 Å². The van der Waals surface area contributed by atoms with Crippen molar-refractivity contribution in [3.63, 3.8) is 0 Å². The molecule has 1 atom stereocenters. The van der Waals surface area contributed by atoms with Crippen LogP contribution in [0.5, 0.6) is 0 Å². The van der Waals surface area contributed by atoms with Gasteiger partial charge in [0.05, 0.1) is 23.4 Å². The summed E-state index contributed by atoms with van der Waals surface area (Å²) in [6, 6.07) is 6.52. The summed E-state index contributed by atoms with van der Waals surface area (Å²) >= 11 is 5.92. The Labute approximate surface area is 124 Å². The van der Waals surface area contributed by atoms with Gasteiger partial charge in [-0.05, 0) is 18.1 Å². The normalized spacial score (nSPS) is 12.2. The highest BCUT2D eigenvalue weighted by molar-refractivity contribution is 6.33. The average Bonchev–Trinajstić information content (AvgIpc) is 2.39. The second-order valence-corrected chi connectivity index (χ2v) is 5.31. The lowest BCUT2D eigenvalue weighted by Gasteiger charge is -2.14. The van der Waals surface area contributed by atoms with Gasteiger partial charge in [-0.1, -0.05) is 37.6 Å². The Bertz CT molecular complexity index is 427. The van der Waals surface area contributed by atoms with Gasteiger partial charge >= 0.3 is 6.03 Å². The first-order valence-corrected chi connectivity index (χ1v) is 6.92. The van der Waals surface area contributed by atoms with Crippen molar-refractivity contribution >= 4 is 23.3 Å². The molecule has 5 nitrogen and oxygen atoms in total. The summed E-state index contributed by atoms with van der Waals surface area (Å²) in [5.74, 6) is 0.415. The predicted octanol–water partition coefficient (Wildman–Crippen LogP) is 2.50. The van der Waals surface area contributed by atoms with Gasteiger partial charge in [0.2, 0.25) is 0 Å². The lowest BCUT2D eigenvalue weighted by molar-refractivity contribution is 0.0274. The molecule has 6 heteroatoms. The van der Waals surface area contributed by atoms with Crippen molar-refractivity contribution in [1.82, 2.24) is 5.32 Å². The Morgan fingerprint density at radius 3 is 2.70 bits per heavy atom. The SMILES string of the molecule is CC(C)COCC(O)CNC(=O)Nc1ccccc1Cl. The molecular weight excluding hydrogens is 280 g/mol. The van der Waals surface area contributed by atoms with Gasteiger partial charge < -0.3 is 20.5 Å². The van der Waals surface area contributed by atoms with Crippen molar-refractivity contribution in [3.8, 4) is 0 Å². The number of amides is 2. The number of rotatable bonds is 7. The van der Waals surface area contributed by atoms with Crippen molar-refractivity contribution in [2.24, 2.45) is 5.92 Å². The van der Waals surface area contributed by atoms with Gasteiger partial charge in [0.1, 0.15) is 0 Å². The topological polar surface area (TPSA) is 70.6 Å². The number of para-hydroxylation sites is 1. The highest BCUT2D eigenvalue weighted by Gasteiger charge is 2.09. The third-order valence-electron chi connectivity index (χ3n) is 2.38. The van der Waals surface area contributed by atoms with Crippen LogP contribution in [0.2, 0.25) is 5.02 Å². The molecule has 0 spiro atoms. The standard InChI is InChI=1S/C14H21ClN2O3/c1-10(2)8-20-9-11(18)7-16-14(19)17-13-6-4-3-5-12(13)15/h3-6,10-11,18H,7-9H2,1-2H3,(H2,16,17,19). The maximum Gasteiger partial charge on any atom is 0.319 e. The Hall–Kier alpha value is -1.30. The van der Waals surface area contributed by atoms with Gasteiger partial charge in [0.25, 0.3) is 0 Å². The number of hydrogen-bond acceptors (Lipinski definition) is 3. The molecule has 0 heterocycles. The largest absolute Gasteiger partial charge is 0.389 e. The summed E-state index contributed by atoms with van der Waals surface area (Å²) < 4.78 is 5.28. The van der Waals surface area contributed by atoms with Crippen molar-refractivity contribution in [2.45, 2.75) is 20.0 Å². The monoisotopic (exact) mass is 300 g/mol. The van der Waals surface area contributed by atoms with Gasteiger partial charge in [-0.15, -0.1) is 0 Å². The van der Waals surface area contributed by atoms with E-state index in [1.165, 1.54) is 0 Å². The molecule has 2 amide bonds. The Balaban J connectivity index is 2.24. The van der Waals surface area contributed by atoms with Crippen LogP contribution in [0, 0.1) is 5.92 Å². The quantitative estimate of drug-likeness (QED) is 0.724. The number of anilines is 1. The molecule has 1 aromatic rings. The van der Waals surface area contributed by atoms with Crippen molar-refractivity contribution in [1.29, 1.82) is 0 Å². The summed E-state index contributed by atoms with van der Waals surface area (Å²) in [5.41, 5.74) is 0.525. The van der Waals surface area contributed by atoms with Crippen molar-refractivity contribution in [3.05, 3.63) is 29.3 Å². The molecular formula is C14H21ClN2O3. The zero-order chi connectivity index (χ0) is 15.0. The van der Waals surface area contributed by atoms with E-state index in [2.05, 4.69) is 10.6 Å². The van der Waals surface area contributed by atoms with Crippen molar-refractivity contribution in [2.75, 3.05) is 25.1 Å². The predicted molar refractivity (Wildman–Crippen MR) is 80.1 cm³/mol. The summed E-state index contributed by atoms with van der Waals surface area (Å²) in [7, 11) is 0. The zero-order valence-electron chi connectivity index (χ0n) is 11.7. The third kappa shape index (κ3) is 6.75. The molecule has 1 aromatic carbocycles. The van der Waals surface area contributed by atoms with E-state index in [0.717, 1.165) is 0 Å². The van der Waals surface area contributed by atoms with E-state index in [1.54, 1.807) is 24.3 Å². The number of aliphatic hydroxyl groups excluding tert-OH is 1. The first-order valence-electron chi connectivity index (χ1n) is 6.54. The summed E-state index contributed by atoms with van der Waals surface area (Å²) in [6.07, 6.45) is -0.731. The van der Waals surface area contributed by atoms with Crippen LogP contribution in [0.25, 0.3) is 0 Å². The highest BCUT2D eigenvalue weighted by atomic mass is 35.5. The molecule has 20 heavy (non-hydrogen) atoms. The maximum absolute atomic E-state index is 11.6. The average molecular weight is 301 g/mol. The molecule has 1 unspecified atom stereocenters. The van der Waals surface area contributed by atoms with Gasteiger partial charge in [-0.3, -0.25) is 0 Å². The fourth-order valence-corrected chi connectivity index (χ4v) is 1.62. The zero-order valence-corrected chi connectivity index (χ0v) is 12.5. The van der Waals surface area contributed by atoms with E-state index < -0.39 is 12.1 Å². The molecule has 0 saturated carbocycles. The van der Waals surface area contributed by atoms with Gasteiger partial charge in [0.15, 0.2) is 0 Å². The smallest absolute Gasteiger partial charge is 0.319 e. The second-order valence-electron chi connectivity index (χ2n) is 4.90. The number of ether oxygens (including phenoxy) is 1. The minimum atomic E-state index is -0.731. The first-order chi connectivity index (χ1) is 9.49. The molecule has 0 aromatic heterocycles. The maximum atomic E-state index is 11.6. The summed E-state index contributed by atoms with van der Waals surface area (Å²) in [4.78, 5) is 11.6. The Morgan fingerprint density at radius 1 is 1.35 bits per heavy atom. The van der Waals surface area contributed by atoms with E-state index in [1.807, 2.05) is 13.8 Å². The van der Waals surface area contributed by atoms with Crippen LogP contribution in [0.4, 0.5) is 10.5 Å². The number of hydrogen-bond donors (Lipinski definition) is 3. The van der Waals surface area contributed by atoms with Crippen LogP contribution in [0.1, 0.15) is 13.8 Å². The van der Waals surface area contributed by atoms with Crippen LogP contribution >= 0.6 is 11.6 Å². The molecule has 0 saturated heterocycles. The molecule has 0 aliphatic heterocycles. The fourth-order valence-electron chi connectivity index (χ4n) is 1.44. The first kappa shape index (κ1) is 16.8. The molecule has 112 valence electrons. The second kappa shape index (κ2) is 8.79. The molecule has 0 aliphatic carbocycles. The highest BCUT2D eigenvalue weighted by Crippen LogP contribution is 2.19. The van der Waals surface area contributed by atoms with Crippen LogP contribution in [-0.2, 0) is 4.74 Å². The van der Waals surface area contributed by atoms with Gasteiger partial charge in [-0.2, -0.15) is 0 Å².